The number of rotatable bonds is 4. The maximum atomic E-state index is 11.6. The summed E-state index contributed by atoms with van der Waals surface area (Å²) in [4.78, 5) is 15.8. The molecule has 1 N–H and O–H groups in total. The molecule has 5 nitrogen and oxygen atoms in total. The first-order valence-electron chi connectivity index (χ1n) is 5.34. The number of nitriles is 1. The van der Waals surface area contributed by atoms with Gasteiger partial charge in [0.1, 0.15) is 11.2 Å². The molecule has 0 bridgehead atoms. The lowest BCUT2D eigenvalue weighted by Crippen LogP contribution is -2.33. The minimum Gasteiger partial charge on any atom is -0.354 e. The first-order chi connectivity index (χ1) is 7.68. The van der Waals surface area contributed by atoms with E-state index in [1.165, 1.54) is 0 Å². The number of hydrogen-bond acceptors (Lipinski definition) is 3. The molecule has 1 heterocycles. The molecule has 0 atom stereocenters. The Balaban J connectivity index is 1.79. The van der Waals surface area contributed by atoms with E-state index in [1.54, 1.807) is 6.20 Å². The largest absolute Gasteiger partial charge is 0.354 e. The zero-order valence-corrected chi connectivity index (χ0v) is 9.23. The molecule has 1 aromatic heterocycles. The Labute approximate surface area is 94.1 Å². The van der Waals surface area contributed by atoms with Gasteiger partial charge in [0.2, 0.25) is 5.91 Å². The first kappa shape index (κ1) is 10.7. The average molecular weight is 218 g/mol. The fourth-order valence-electron chi connectivity index (χ4n) is 1.61. The highest BCUT2D eigenvalue weighted by atomic mass is 16.2. The fourth-order valence-corrected chi connectivity index (χ4v) is 1.61. The summed E-state index contributed by atoms with van der Waals surface area (Å²) < 4.78 is 1.92. The second kappa shape index (κ2) is 3.97. The van der Waals surface area contributed by atoms with Crippen LogP contribution in [0.1, 0.15) is 18.7 Å². The van der Waals surface area contributed by atoms with Gasteiger partial charge in [0, 0.05) is 32.4 Å². The van der Waals surface area contributed by atoms with Crippen LogP contribution in [0.3, 0.4) is 0 Å². The summed E-state index contributed by atoms with van der Waals surface area (Å²) in [6.45, 7) is 0.535. The molecule has 2 rings (SSSR count). The third kappa shape index (κ3) is 1.91. The number of hydrogen-bond donors (Lipinski definition) is 1. The van der Waals surface area contributed by atoms with Crippen molar-refractivity contribution in [3.05, 3.63) is 18.2 Å². The molecule has 84 valence electrons. The van der Waals surface area contributed by atoms with Gasteiger partial charge in [0.15, 0.2) is 0 Å². The maximum Gasteiger partial charge on any atom is 0.240 e. The highest BCUT2D eigenvalue weighted by molar-refractivity contribution is 5.88. The summed E-state index contributed by atoms with van der Waals surface area (Å²) in [6, 6.07) is 2.07. The molecule has 1 fully saturated rings. The molecule has 5 heteroatoms. The number of aromatic nitrogens is 2. The zero-order chi connectivity index (χ0) is 11.6. The number of nitrogens with one attached hydrogen (secondary N) is 1. The van der Waals surface area contributed by atoms with Gasteiger partial charge in [0.25, 0.3) is 0 Å². The van der Waals surface area contributed by atoms with E-state index in [9.17, 15) is 4.79 Å². The van der Waals surface area contributed by atoms with Crippen molar-refractivity contribution in [2.75, 3.05) is 6.54 Å². The fraction of sp³-hybridized carbons (Fsp3) is 0.545. The van der Waals surface area contributed by atoms with Gasteiger partial charge in [0.05, 0.1) is 6.07 Å². The molecule has 1 amide bonds. The number of amides is 1. The molecule has 1 saturated carbocycles. The second-order valence-corrected chi connectivity index (χ2v) is 4.15. The topological polar surface area (TPSA) is 70.7 Å². The number of nitrogens with zero attached hydrogens (tertiary/aromatic N) is 3. The highest BCUT2D eigenvalue weighted by Gasteiger charge is 2.50. The number of carbonyl (C=O) groups excluding carboxylic acids is 1. The zero-order valence-electron chi connectivity index (χ0n) is 9.23. The molecule has 1 aromatic rings. The van der Waals surface area contributed by atoms with Gasteiger partial charge in [-0.1, -0.05) is 0 Å². The Morgan fingerprint density at radius 3 is 3.00 bits per heavy atom. The van der Waals surface area contributed by atoms with Crippen LogP contribution in [-0.4, -0.2) is 22.0 Å². The highest BCUT2D eigenvalue weighted by Crippen LogP contribution is 2.44. The van der Waals surface area contributed by atoms with Gasteiger partial charge >= 0.3 is 0 Å². The van der Waals surface area contributed by atoms with Gasteiger partial charge in [-0.05, 0) is 12.8 Å². The number of aryl methyl sites for hydroxylation is 1. The van der Waals surface area contributed by atoms with Crippen molar-refractivity contribution < 1.29 is 4.79 Å². The van der Waals surface area contributed by atoms with E-state index in [2.05, 4.69) is 16.4 Å². The van der Waals surface area contributed by atoms with Gasteiger partial charge in [-0.2, -0.15) is 5.26 Å². The Bertz CT molecular complexity index is 439. The van der Waals surface area contributed by atoms with E-state index in [0.29, 0.717) is 25.8 Å². The van der Waals surface area contributed by atoms with Crippen LogP contribution in [0.5, 0.6) is 0 Å². The average Bonchev–Trinajstić information content (AvgIpc) is 2.99. The van der Waals surface area contributed by atoms with E-state index in [0.717, 1.165) is 5.82 Å². The standard InChI is InChI=1S/C11H14N4O/c1-15-7-6-13-9(15)2-5-14-10(16)11(8-12)3-4-11/h6-7H,2-5H2,1H3,(H,14,16). The van der Waals surface area contributed by atoms with Crippen LogP contribution in [0.15, 0.2) is 12.4 Å². The molecular formula is C11H14N4O. The molecule has 1 aliphatic rings. The van der Waals surface area contributed by atoms with Crippen molar-refractivity contribution in [2.24, 2.45) is 12.5 Å². The predicted octanol–water partition coefficient (Wildman–Crippen LogP) is 0.383. The van der Waals surface area contributed by atoms with E-state index in [1.807, 2.05) is 17.8 Å². The van der Waals surface area contributed by atoms with E-state index < -0.39 is 5.41 Å². The Morgan fingerprint density at radius 1 is 1.75 bits per heavy atom. The minimum atomic E-state index is -0.721. The third-order valence-electron chi connectivity index (χ3n) is 2.95. The Kier molecular flexibility index (Phi) is 2.65. The summed E-state index contributed by atoms with van der Waals surface area (Å²) in [5.41, 5.74) is -0.721. The van der Waals surface area contributed by atoms with Crippen LogP contribution in [-0.2, 0) is 18.3 Å². The molecule has 16 heavy (non-hydrogen) atoms. The lowest BCUT2D eigenvalue weighted by Gasteiger charge is -2.07. The van der Waals surface area contributed by atoms with Crippen LogP contribution in [0.4, 0.5) is 0 Å². The third-order valence-corrected chi connectivity index (χ3v) is 2.95. The van der Waals surface area contributed by atoms with Crippen molar-refractivity contribution in [1.29, 1.82) is 5.26 Å². The summed E-state index contributed by atoms with van der Waals surface area (Å²) in [7, 11) is 1.92. The second-order valence-electron chi connectivity index (χ2n) is 4.15. The Morgan fingerprint density at radius 2 is 2.50 bits per heavy atom. The Hall–Kier alpha value is -1.83. The van der Waals surface area contributed by atoms with E-state index >= 15 is 0 Å². The van der Waals surface area contributed by atoms with Crippen molar-refractivity contribution in [1.82, 2.24) is 14.9 Å². The quantitative estimate of drug-likeness (QED) is 0.794. The SMILES string of the molecule is Cn1ccnc1CCNC(=O)C1(C#N)CC1. The minimum absolute atomic E-state index is 0.135. The molecule has 0 spiro atoms. The first-order valence-corrected chi connectivity index (χ1v) is 5.34. The number of carbonyl (C=O) groups is 1. The lowest BCUT2D eigenvalue weighted by atomic mass is 10.1. The predicted molar refractivity (Wildman–Crippen MR) is 57.2 cm³/mol. The van der Waals surface area contributed by atoms with Crippen LogP contribution in [0.25, 0.3) is 0 Å². The molecule has 0 saturated heterocycles. The monoisotopic (exact) mass is 218 g/mol. The van der Waals surface area contributed by atoms with Gasteiger partial charge in [-0.3, -0.25) is 4.79 Å². The smallest absolute Gasteiger partial charge is 0.240 e. The normalized spacial score (nSPS) is 16.5. The van der Waals surface area contributed by atoms with E-state index in [4.69, 9.17) is 5.26 Å². The van der Waals surface area contributed by atoms with Crippen LogP contribution >= 0.6 is 0 Å². The van der Waals surface area contributed by atoms with E-state index in [-0.39, 0.29) is 5.91 Å². The maximum absolute atomic E-state index is 11.6. The van der Waals surface area contributed by atoms with Crippen molar-refractivity contribution in [2.45, 2.75) is 19.3 Å². The molecular weight excluding hydrogens is 204 g/mol. The molecule has 0 unspecified atom stereocenters. The summed E-state index contributed by atoms with van der Waals surface area (Å²) in [6.07, 6.45) is 5.68. The summed E-state index contributed by atoms with van der Waals surface area (Å²) in [5.74, 6) is 0.798. The molecule has 1 aliphatic carbocycles. The van der Waals surface area contributed by atoms with Crippen LogP contribution in [0.2, 0.25) is 0 Å². The van der Waals surface area contributed by atoms with Gasteiger partial charge in [-0.15, -0.1) is 0 Å². The van der Waals surface area contributed by atoms with Gasteiger partial charge < -0.3 is 9.88 Å². The molecule has 0 aliphatic heterocycles. The van der Waals surface area contributed by atoms with Crippen molar-refractivity contribution >= 4 is 5.91 Å². The number of imidazole rings is 1. The van der Waals surface area contributed by atoms with Gasteiger partial charge in [-0.25, -0.2) is 4.98 Å². The van der Waals surface area contributed by atoms with Crippen LogP contribution in [0, 0.1) is 16.7 Å². The van der Waals surface area contributed by atoms with Crippen molar-refractivity contribution in [3.8, 4) is 6.07 Å². The van der Waals surface area contributed by atoms with Crippen molar-refractivity contribution in [3.63, 3.8) is 0 Å². The van der Waals surface area contributed by atoms with Crippen LogP contribution < -0.4 is 5.32 Å². The molecule has 0 radical (unpaired) electrons. The summed E-state index contributed by atoms with van der Waals surface area (Å²) in [5, 5.41) is 11.6. The summed E-state index contributed by atoms with van der Waals surface area (Å²) >= 11 is 0. The lowest BCUT2D eigenvalue weighted by molar-refractivity contribution is -0.124. The molecule has 0 aromatic carbocycles.